The molecule has 0 amide bonds. The predicted octanol–water partition coefficient (Wildman–Crippen LogP) is 5.12. The van der Waals surface area contributed by atoms with Crippen molar-refractivity contribution in [2.75, 3.05) is 0 Å². The van der Waals surface area contributed by atoms with E-state index in [1.54, 1.807) is 0 Å². The van der Waals surface area contributed by atoms with Crippen LogP contribution in [0.1, 0.15) is 37.8 Å². The number of hydrogen-bond acceptors (Lipinski definition) is 0. The lowest BCUT2D eigenvalue weighted by atomic mass is 10.0. The lowest BCUT2D eigenvalue weighted by Gasteiger charge is -2.20. The van der Waals surface area contributed by atoms with E-state index in [1.165, 1.54) is 30.4 Å². The summed E-state index contributed by atoms with van der Waals surface area (Å²) in [6, 6.07) is 8.93. The van der Waals surface area contributed by atoms with Crippen molar-refractivity contribution < 1.29 is 0 Å². The second-order valence-corrected chi connectivity index (χ2v) is 7.98. The molecule has 1 rings (SSSR count). The van der Waals surface area contributed by atoms with Crippen molar-refractivity contribution in [2.24, 2.45) is 0 Å². The molecular weight excluding hydrogens is 314 g/mol. The number of rotatable bonds is 5. The van der Waals surface area contributed by atoms with Crippen molar-refractivity contribution in [3.8, 4) is 0 Å². The summed E-state index contributed by atoms with van der Waals surface area (Å²) < 4.78 is 0. The normalized spacial score (nSPS) is 12.5. The van der Waals surface area contributed by atoms with Gasteiger partial charge in [0.25, 0.3) is 0 Å². The zero-order valence-corrected chi connectivity index (χ0v) is 13.0. The van der Waals surface area contributed by atoms with Gasteiger partial charge in [0.1, 0.15) is 0 Å². The summed E-state index contributed by atoms with van der Waals surface area (Å²) in [5, 5.41) is 0.533. The summed E-state index contributed by atoms with van der Waals surface area (Å²) in [5.74, 6) is 0. The summed E-state index contributed by atoms with van der Waals surface area (Å²) in [5.41, 5.74) is 2.83. The highest BCUT2D eigenvalue weighted by molar-refractivity contribution is 14.2. The molecule has 1 atom stereocenters. The number of halogens is 1. The topological polar surface area (TPSA) is 0 Å². The SMILES string of the molecule is Cc1ccc(CCCC(C)(C)PI)cc1. The van der Waals surface area contributed by atoms with Gasteiger partial charge in [0.2, 0.25) is 0 Å². The highest BCUT2D eigenvalue weighted by atomic mass is 127. The van der Waals surface area contributed by atoms with E-state index in [0.717, 1.165) is 6.22 Å². The first-order valence-corrected chi connectivity index (χ1v) is 9.58. The molecular formula is C13H20IP. The highest BCUT2D eigenvalue weighted by Gasteiger charge is 2.14. The van der Waals surface area contributed by atoms with Gasteiger partial charge in [0.15, 0.2) is 0 Å². The second kappa shape index (κ2) is 6.20. The van der Waals surface area contributed by atoms with E-state index in [4.69, 9.17) is 0 Å². The van der Waals surface area contributed by atoms with Gasteiger partial charge in [0, 0.05) is 0 Å². The molecule has 0 radical (unpaired) electrons. The summed E-state index contributed by atoms with van der Waals surface area (Å²) in [7, 11) is 0. The van der Waals surface area contributed by atoms with Gasteiger partial charge < -0.3 is 0 Å². The van der Waals surface area contributed by atoms with Gasteiger partial charge in [0.05, 0.1) is 0 Å². The molecule has 0 fully saturated rings. The van der Waals surface area contributed by atoms with E-state index < -0.39 is 0 Å². The van der Waals surface area contributed by atoms with Crippen molar-refractivity contribution in [1.82, 2.24) is 0 Å². The smallest absolute Gasteiger partial charge is 0.00880 e. The third-order valence-electron chi connectivity index (χ3n) is 2.64. The standard InChI is InChI=1S/C13H20IP/c1-11-6-8-12(9-7-11)5-4-10-13(2,3)15-14/h6-9,15H,4-5,10H2,1-3H3. The number of aryl methyl sites for hydroxylation is 2. The molecule has 15 heavy (non-hydrogen) atoms. The maximum Gasteiger partial charge on any atom is -0.00880 e. The molecule has 0 aromatic heterocycles. The van der Waals surface area contributed by atoms with Crippen LogP contribution in [-0.2, 0) is 6.42 Å². The monoisotopic (exact) mass is 334 g/mol. The summed E-state index contributed by atoms with van der Waals surface area (Å²) >= 11 is 2.52. The van der Waals surface area contributed by atoms with Crippen LogP contribution < -0.4 is 0 Å². The maximum absolute atomic E-state index is 2.52. The second-order valence-electron chi connectivity index (χ2n) is 4.82. The van der Waals surface area contributed by atoms with Gasteiger partial charge in [-0.25, -0.2) is 0 Å². The van der Waals surface area contributed by atoms with Crippen LogP contribution in [0.3, 0.4) is 0 Å². The Morgan fingerprint density at radius 3 is 2.33 bits per heavy atom. The molecule has 0 aliphatic heterocycles. The van der Waals surface area contributed by atoms with E-state index in [9.17, 15) is 0 Å². The molecule has 0 bridgehead atoms. The van der Waals surface area contributed by atoms with Crippen molar-refractivity contribution in [3.63, 3.8) is 0 Å². The van der Waals surface area contributed by atoms with Crippen LogP contribution in [0.5, 0.6) is 0 Å². The largest absolute Gasteiger partial charge is 0.0591 e. The minimum absolute atomic E-state index is 0.533. The van der Waals surface area contributed by atoms with Crippen molar-refractivity contribution >= 4 is 28.3 Å². The molecule has 2 heteroatoms. The Balaban J connectivity index is 2.35. The van der Waals surface area contributed by atoms with Gasteiger partial charge in [-0.3, -0.25) is 0 Å². The molecule has 0 saturated carbocycles. The van der Waals surface area contributed by atoms with E-state index in [0.29, 0.717) is 5.16 Å². The van der Waals surface area contributed by atoms with Crippen LogP contribution in [0.2, 0.25) is 0 Å². The van der Waals surface area contributed by atoms with Crippen LogP contribution in [-0.4, -0.2) is 5.16 Å². The molecule has 0 spiro atoms. The van der Waals surface area contributed by atoms with Gasteiger partial charge in [-0.2, -0.15) is 0 Å². The summed E-state index contributed by atoms with van der Waals surface area (Å²) in [6.45, 7) is 6.88. The molecule has 1 aromatic rings. The van der Waals surface area contributed by atoms with E-state index in [-0.39, 0.29) is 0 Å². The van der Waals surface area contributed by atoms with Crippen molar-refractivity contribution in [2.45, 2.75) is 45.2 Å². The fourth-order valence-electron chi connectivity index (χ4n) is 1.54. The Labute approximate surface area is 109 Å². The zero-order valence-electron chi connectivity index (χ0n) is 9.81. The predicted molar refractivity (Wildman–Crippen MR) is 80.5 cm³/mol. The quantitative estimate of drug-likeness (QED) is 0.518. The Morgan fingerprint density at radius 1 is 1.20 bits per heavy atom. The first-order chi connectivity index (χ1) is 7.03. The number of hydrogen-bond donors (Lipinski definition) is 0. The summed E-state index contributed by atoms with van der Waals surface area (Å²) in [4.78, 5) is 0. The van der Waals surface area contributed by atoms with E-state index in [2.05, 4.69) is 67.1 Å². The summed E-state index contributed by atoms with van der Waals surface area (Å²) in [6.07, 6.45) is 4.89. The van der Waals surface area contributed by atoms with Crippen molar-refractivity contribution in [3.05, 3.63) is 35.4 Å². The van der Waals surface area contributed by atoms with Crippen LogP contribution >= 0.6 is 28.3 Å². The maximum atomic E-state index is 2.52. The van der Waals surface area contributed by atoms with Gasteiger partial charge in [-0.15, -0.1) is 0 Å². The molecule has 0 saturated heterocycles. The third-order valence-corrected chi connectivity index (χ3v) is 7.79. The minimum Gasteiger partial charge on any atom is -0.0591 e. The highest BCUT2D eigenvalue weighted by Crippen LogP contribution is 2.41. The molecule has 84 valence electrons. The first-order valence-electron chi connectivity index (χ1n) is 5.47. The zero-order chi connectivity index (χ0) is 11.3. The molecule has 0 nitrogen and oxygen atoms in total. The van der Waals surface area contributed by atoms with Crippen LogP contribution in [0.25, 0.3) is 0 Å². The number of benzene rings is 1. The molecule has 0 heterocycles. The van der Waals surface area contributed by atoms with Crippen LogP contribution in [0.15, 0.2) is 24.3 Å². The third kappa shape index (κ3) is 5.31. The Hall–Kier alpha value is 0.380. The molecule has 1 aromatic carbocycles. The average Bonchev–Trinajstić information content (AvgIpc) is 2.21. The van der Waals surface area contributed by atoms with Crippen molar-refractivity contribution in [1.29, 1.82) is 0 Å². The van der Waals surface area contributed by atoms with Gasteiger partial charge in [-0.1, -0.05) is 65.7 Å². The Kier molecular flexibility index (Phi) is 5.56. The van der Waals surface area contributed by atoms with Gasteiger partial charge >= 0.3 is 0 Å². The minimum atomic E-state index is 0.533. The lowest BCUT2D eigenvalue weighted by molar-refractivity contribution is 0.600. The molecule has 1 unspecified atom stereocenters. The lowest BCUT2D eigenvalue weighted by Crippen LogP contribution is -2.10. The Morgan fingerprint density at radius 2 is 1.80 bits per heavy atom. The molecule has 0 N–H and O–H groups in total. The Bertz CT molecular complexity index is 290. The van der Waals surface area contributed by atoms with E-state index in [1.807, 2.05) is 0 Å². The van der Waals surface area contributed by atoms with Gasteiger partial charge in [-0.05, 0) is 43.1 Å². The molecule has 0 aliphatic rings. The van der Waals surface area contributed by atoms with E-state index >= 15 is 0 Å². The fourth-order valence-corrected chi connectivity index (χ4v) is 2.62. The fraction of sp³-hybridized carbons (Fsp3) is 0.538. The average molecular weight is 334 g/mol. The van der Waals surface area contributed by atoms with Crippen LogP contribution in [0, 0.1) is 6.92 Å². The van der Waals surface area contributed by atoms with Crippen LogP contribution in [0.4, 0.5) is 0 Å². The first kappa shape index (κ1) is 13.4. The molecule has 0 aliphatic carbocycles.